The number of aromatic nitrogens is 1. The normalized spacial score (nSPS) is 9.67. The van der Waals surface area contributed by atoms with Gasteiger partial charge in [0.25, 0.3) is 0 Å². The van der Waals surface area contributed by atoms with Crippen LogP contribution in [0, 0.1) is 11.3 Å². The summed E-state index contributed by atoms with van der Waals surface area (Å²) < 4.78 is 0. The third-order valence-electron chi connectivity index (χ3n) is 2.19. The fraction of sp³-hybridized carbons (Fsp3) is 0.455. The van der Waals surface area contributed by atoms with E-state index in [1.54, 1.807) is 12.3 Å². The summed E-state index contributed by atoms with van der Waals surface area (Å²) in [7, 11) is 3.95. The quantitative estimate of drug-likeness (QED) is 0.727. The van der Waals surface area contributed by atoms with Gasteiger partial charge in [0.2, 0.25) is 0 Å². The average Bonchev–Trinajstić information content (AvgIpc) is 2.29. The van der Waals surface area contributed by atoms with Crippen molar-refractivity contribution < 1.29 is 0 Å². The van der Waals surface area contributed by atoms with Crippen molar-refractivity contribution in [2.45, 2.75) is 6.42 Å². The summed E-state index contributed by atoms with van der Waals surface area (Å²) in [6.07, 6.45) is 2.68. The smallest absolute Gasteiger partial charge is 0.128 e. The van der Waals surface area contributed by atoms with Crippen LogP contribution in [0.5, 0.6) is 0 Å². The first-order chi connectivity index (χ1) is 7.27. The largest absolute Gasteiger partial charge is 0.360 e. The summed E-state index contributed by atoms with van der Waals surface area (Å²) in [5.41, 5.74) is 0.599. The molecule has 0 atom stereocenters. The van der Waals surface area contributed by atoms with Gasteiger partial charge < -0.3 is 10.2 Å². The van der Waals surface area contributed by atoms with E-state index in [1.807, 2.05) is 20.2 Å². The molecule has 1 rings (SSSR count). The third kappa shape index (κ3) is 3.56. The van der Waals surface area contributed by atoms with Crippen LogP contribution in [-0.2, 0) is 0 Å². The van der Waals surface area contributed by atoms with E-state index in [1.165, 1.54) is 0 Å². The molecule has 0 aliphatic heterocycles. The highest BCUT2D eigenvalue weighted by Gasteiger charge is 2.01. The second-order valence-electron chi connectivity index (χ2n) is 3.40. The molecule has 0 unspecified atom stereocenters. The Bertz CT molecular complexity index is 325. The molecule has 0 fully saturated rings. The number of nitriles is 1. The second kappa shape index (κ2) is 5.99. The molecule has 1 N–H and O–H groups in total. The average molecular weight is 204 g/mol. The molecular formula is C11H16N4. The maximum atomic E-state index is 8.63. The fourth-order valence-corrected chi connectivity index (χ4v) is 1.29. The minimum Gasteiger partial charge on any atom is -0.360 e. The Morgan fingerprint density at radius 3 is 2.87 bits per heavy atom. The standard InChI is InChI=1S/C11H16N4/c1-13-6-3-7-15(2)11-5-4-10(8-12)9-14-11/h4-5,9,13H,3,6-7H2,1-2H3. The third-order valence-corrected chi connectivity index (χ3v) is 2.19. The van der Waals surface area contributed by atoms with E-state index >= 15 is 0 Å². The molecule has 80 valence electrons. The van der Waals surface area contributed by atoms with E-state index in [-0.39, 0.29) is 0 Å². The number of nitrogens with zero attached hydrogens (tertiary/aromatic N) is 3. The predicted octanol–water partition coefficient (Wildman–Crippen LogP) is 0.999. The summed E-state index contributed by atoms with van der Waals surface area (Å²) >= 11 is 0. The Labute approximate surface area is 90.5 Å². The monoisotopic (exact) mass is 204 g/mol. The molecule has 15 heavy (non-hydrogen) atoms. The second-order valence-corrected chi connectivity index (χ2v) is 3.40. The van der Waals surface area contributed by atoms with Crippen LogP contribution in [0.15, 0.2) is 18.3 Å². The van der Waals surface area contributed by atoms with Gasteiger partial charge in [-0.2, -0.15) is 5.26 Å². The van der Waals surface area contributed by atoms with Gasteiger partial charge >= 0.3 is 0 Å². The van der Waals surface area contributed by atoms with Crippen molar-refractivity contribution in [2.75, 3.05) is 32.1 Å². The maximum absolute atomic E-state index is 8.63. The number of pyridine rings is 1. The molecule has 1 heterocycles. The van der Waals surface area contributed by atoms with Crippen molar-refractivity contribution >= 4 is 5.82 Å². The van der Waals surface area contributed by atoms with Crippen molar-refractivity contribution in [3.8, 4) is 6.07 Å². The summed E-state index contributed by atoms with van der Waals surface area (Å²) in [4.78, 5) is 6.29. The van der Waals surface area contributed by atoms with Crippen molar-refractivity contribution in [3.63, 3.8) is 0 Å². The molecule has 1 aromatic rings. The molecule has 0 radical (unpaired) electrons. The van der Waals surface area contributed by atoms with E-state index in [2.05, 4.69) is 21.3 Å². The Morgan fingerprint density at radius 2 is 2.33 bits per heavy atom. The number of rotatable bonds is 5. The molecule has 0 aromatic carbocycles. The van der Waals surface area contributed by atoms with Gasteiger partial charge in [-0.1, -0.05) is 0 Å². The first-order valence-corrected chi connectivity index (χ1v) is 5.00. The highest BCUT2D eigenvalue weighted by atomic mass is 15.2. The highest BCUT2D eigenvalue weighted by molar-refractivity contribution is 5.40. The maximum Gasteiger partial charge on any atom is 0.128 e. The van der Waals surface area contributed by atoms with Crippen molar-refractivity contribution in [1.82, 2.24) is 10.3 Å². The van der Waals surface area contributed by atoms with Crippen LogP contribution < -0.4 is 10.2 Å². The van der Waals surface area contributed by atoms with Crippen LogP contribution in [0.4, 0.5) is 5.82 Å². The van der Waals surface area contributed by atoms with E-state index in [0.29, 0.717) is 5.56 Å². The minimum atomic E-state index is 0.599. The SMILES string of the molecule is CNCCCN(C)c1ccc(C#N)cn1. The number of anilines is 1. The van der Waals surface area contributed by atoms with Gasteiger partial charge in [-0.3, -0.25) is 0 Å². The topological polar surface area (TPSA) is 52.0 Å². The van der Waals surface area contributed by atoms with E-state index in [0.717, 1.165) is 25.3 Å². The Hall–Kier alpha value is -1.60. The van der Waals surface area contributed by atoms with Gasteiger partial charge in [0.05, 0.1) is 5.56 Å². The molecule has 0 saturated carbocycles. The Balaban J connectivity index is 2.51. The van der Waals surface area contributed by atoms with Gasteiger partial charge in [0.15, 0.2) is 0 Å². The van der Waals surface area contributed by atoms with E-state index < -0.39 is 0 Å². The van der Waals surface area contributed by atoms with Crippen molar-refractivity contribution in [3.05, 3.63) is 23.9 Å². The zero-order chi connectivity index (χ0) is 11.1. The van der Waals surface area contributed by atoms with Gasteiger partial charge in [-0.25, -0.2) is 4.98 Å². The molecular weight excluding hydrogens is 188 g/mol. The van der Waals surface area contributed by atoms with Crippen LogP contribution >= 0.6 is 0 Å². The van der Waals surface area contributed by atoms with E-state index in [4.69, 9.17) is 5.26 Å². The molecule has 4 heteroatoms. The first-order valence-electron chi connectivity index (χ1n) is 5.00. The van der Waals surface area contributed by atoms with Crippen LogP contribution in [0.1, 0.15) is 12.0 Å². The first kappa shape index (κ1) is 11.5. The lowest BCUT2D eigenvalue weighted by Gasteiger charge is -2.17. The van der Waals surface area contributed by atoms with Crippen LogP contribution in [0.3, 0.4) is 0 Å². The lowest BCUT2D eigenvalue weighted by Crippen LogP contribution is -2.22. The van der Waals surface area contributed by atoms with Crippen molar-refractivity contribution in [1.29, 1.82) is 5.26 Å². The molecule has 0 bridgehead atoms. The molecule has 0 amide bonds. The number of nitrogens with one attached hydrogen (secondary N) is 1. The summed E-state index contributed by atoms with van der Waals surface area (Å²) in [5.74, 6) is 0.908. The molecule has 4 nitrogen and oxygen atoms in total. The zero-order valence-electron chi connectivity index (χ0n) is 9.20. The van der Waals surface area contributed by atoms with Gasteiger partial charge in [-0.15, -0.1) is 0 Å². The Morgan fingerprint density at radius 1 is 1.53 bits per heavy atom. The number of hydrogen-bond donors (Lipinski definition) is 1. The summed E-state index contributed by atoms with van der Waals surface area (Å²) in [5, 5.41) is 11.7. The van der Waals surface area contributed by atoms with Gasteiger partial charge in [0, 0.05) is 19.8 Å². The van der Waals surface area contributed by atoms with Crippen LogP contribution in [0.2, 0.25) is 0 Å². The highest BCUT2D eigenvalue weighted by Crippen LogP contribution is 2.08. The van der Waals surface area contributed by atoms with Crippen LogP contribution in [-0.4, -0.2) is 32.2 Å². The lowest BCUT2D eigenvalue weighted by molar-refractivity contribution is 0.709. The lowest BCUT2D eigenvalue weighted by atomic mass is 10.3. The molecule has 0 aliphatic carbocycles. The van der Waals surface area contributed by atoms with E-state index in [9.17, 15) is 0 Å². The zero-order valence-corrected chi connectivity index (χ0v) is 9.20. The molecule has 0 saturated heterocycles. The van der Waals surface area contributed by atoms with Gasteiger partial charge in [0.1, 0.15) is 11.9 Å². The number of hydrogen-bond acceptors (Lipinski definition) is 4. The molecule has 1 aromatic heterocycles. The Kier molecular flexibility index (Phi) is 4.58. The molecule has 0 spiro atoms. The van der Waals surface area contributed by atoms with Gasteiger partial charge in [-0.05, 0) is 32.1 Å². The fourth-order valence-electron chi connectivity index (χ4n) is 1.29. The summed E-state index contributed by atoms with van der Waals surface area (Å²) in [6.45, 7) is 1.96. The van der Waals surface area contributed by atoms with Crippen LogP contribution in [0.25, 0.3) is 0 Å². The molecule has 0 aliphatic rings. The van der Waals surface area contributed by atoms with Crippen molar-refractivity contribution in [2.24, 2.45) is 0 Å². The minimum absolute atomic E-state index is 0.599. The predicted molar refractivity (Wildman–Crippen MR) is 60.8 cm³/mol. The summed E-state index contributed by atoms with van der Waals surface area (Å²) in [6, 6.07) is 5.72.